The van der Waals surface area contributed by atoms with Crippen LogP contribution in [-0.4, -0.2) is 0 Å². The fourth-order valence-corrected chi connectivity index (χ4v) is 3.71. The van der Waals surface area contributed by atoms with Gasteiger partial charge in [0.25, 0.3) is 0 Å². The molecule has 2 aromatic rings. The number of hydrogen-bond acceptors (Lipinski definition) is 1. The summed E-state index contributed by atoms with van der Waals surface area (Å²) in [6.45, 7) is 0. The molecule has 0 saturated heterocycles. The van der Waals surface area contributed by atoms with Crippen LogP contribution in [0.2, 0.25) is 5.02 Å². The van der Waals surface area contributed by atoms with Gasteiger partial charge in [0.15, 0.2) is 0 Å². The van der Waals surface area contributed by atoms with Gasteiger partial charge >= 0.3 is 0 Å². The largest absolute Gasteiger partial charge is 0.324 e. The SMILES string of the molecule is NC(CCC1CCCC1)c1ccc(Cl)c2ccccc12. The van der Waals surface area contributed by atoms with E-state index < -0.39 is 0 Å². The molecule has 2 N–H and O–H groups in total. The molecule has 1 nitrogen and oxygen atoms in total. The third kappa shape index (κ3) is 2.84. The van der Waals surface area contributed by atoms with Crippen molar-refractivity contribution in [2.75, 3.05) is 0 Å². The van der Waals surface area contributed by atoms with Gasteiger partial charge in [-0.05, 0) is 35.8 Å². The molecule has 1 aliphatic carbocycles. The second-order valence-electron chi connectivity index (χ2n) is 6.02. The van der Waals surface area contributed by atoms with Gasteiger partial charge < -0.3 is 5.73 Å². The second kappa shape index (κ2) is 6.15. The van der Waals surface area contributed by atoms with E-state index in [0.29, 0.717) is 0 Å². The Kier molecular flexibility index (Phi) is 4.28. The molecule has 2 aromatic carbocycles. The van der Waals surface area contributed by atoms with Gasteiger partial charge in [-0.3, -0.25) is 0 Å². The van der Waals surface area contributed by atoms with Gasteiger partial charge in [-0.1, -0.05) is 67.6 Å². The van der Waals surface area contributed by atoms with Crippen LogP contribution >= 0.6 is 11.6 Å². The molecular formula is C18H22ClN. The minimum absolute atomic E-state index is 0.123. The van der Waals surface area contributed by atoms with Gasteiger partial charge in [-0.15, -0.1) is 0 Å². The first-order chi connectivity index (χ1) is 9.75. The zero-order chi connectivity index (χ0) is 13.9. The van der Waals surface area contributed by atoms with Crippen molar-refractivity contribution in [2.24, 2.45) is 11.7 Å². The minimum Gasteiger partial charge on any atom is -0.324 e. The maximum atomic E-state index is 6.45. The van der Waals surface area contributed by atoms with Crippen LogP contribution in [0.15, 0.2) is 36.4 Å². The molecule has 106 valence electrons. The highest BCUT2D eigenvalue weighted by Gasteiger charge is 2.17. The predicted molar refractivity (Wildman–Crippen MR) is 87.1 cm³/mol. The van der Waals surface area contributed by atoms with E-state index in [1.165, 1.54) is 43.1 Å². The first kappa shape index (κ1) is 13.9. The summed E-state index contributed by atoms with van der Waals surface area (Å²) in [5.74, 6) is 0.902. The number of nitrogens with two attached hydrogens (primary N) is 1. The van der Waals surface area contributed by atoms with Gasteiger partial charge in [0.05, 0.1) is 0 Å². The summed E-state index contributed by atoms with van der Waals surface area (Å²) in [6, 6.07) is 12.5. The van der Waals surface area contributed by atoms with Crippen LogP contribution in [0.25, 0.3) is 10.8 Å². The maximum Gasteiger partial charge on any atom is 0.0484 e. The molecule has 0 bridgehead atoms. The fraction of sp³-hybridized carbons (Fsp3) is 0.444. The van der Waals surface area contributed by atoms with Crippen molar-refractivity contribution >= 4 is 22.4 Å². The van der Waals surface area contributed by atoms with Crippen molar-refractivity contribution in [3.8, 4) is 0 Å². The molecule has 3 rings (SSSR count). The first-order valence-corrected chi connectivity index (χ1v) is 8.06. The summed E-state index contributed by atoms with van der Waals surface area (Å²) in [7, 11) is 0. The lowest BCUT2D eigenvalue weighted by Crippen LogP contribution is -2.12. The molecule has 1 saturated carbocycles. The van der Waals surface area contributed by atoms with E-state index in [-0.39, 0.29) is 6.04 Å². The molecule has 0 aliphatic heterocycles. The molecule has 0 spiro atoms. The van der Waals surface area contributed by atoms with Gasteiger partial charge in [0, 0.05) is 16.5 Å². The molecule has 1 atom stereocenters. The average molecular weight is 288 g/mol. The Morgan fingerprint density at radius 1 is 1.05 bits per heavy atom. The second-order valence-corrected chi connectivity index (χ2v) is 6.42. The summed E-state index contributed by atoms with van der Waals surface area (Å²) in [4.78, 5) is 0. The Hall–Kier alpha value is -1.05. The van der Waals surface area contributed by atoms with E-state index in [0.717, 1.165) is 22.7 Å². The molecule has 1 fully saturated rings. The summed E-state index contributed by atoms with van der Waals surface area (Å²) in [5.41, 5.74) is 7.69. The third-order valence-electron chi connectivity index (χ3n) is 4.66. The molecule has 0 radical (unpaired) electrons. The van der Waals surface area contributed by atoms with Gasteiger partial charge in [0.1, 0.15) is 0 Å². The topological polar surface area (TPSA) is 26.0 Å². The van der Waals surface area contributed by atoms with Crippen LogP contribution < -0.4 is 5.73 Å². The van der Waals surface area contributed by atoms with Gasteiger partial charge in [-0.25, -0.2) is 0 Å². The predicted octanol–water partition coefficient (Wildman–Crippen LogP) is 5.46. The molecular weight excluding hydrogens is 266 g/mol. The van der Waals surface area contributed by atoms with E-state index in [1.54, 1.807) is 0 Å². The summed E-state index contributed by atoms with van der Waals surface area (Å²) >= 11 is 6.27. The fourth-order valence-electron chi connectivity index (χ4n) is 3.48. The molecule has 2 heteroatoms. The number of hydrogen-bond donors (Lipinski definition) is 1. The third-order valence-corrected chi connectivity index (χ3v) is 4.99. The molecule has 1 aliphatic rings. The smallest absolute Gasteiger partial charge is 0.0484 e. The van der Waals surface area contributed by atoms with E-state index in [2.05, 4.69) is 24.3 Å². The summed E-state index contributed by atoms with van der Waals surface area (Å²) in [6.07, 6.45) is 7.95. The lowest BCUT2D eigenvalue weighted by atomic mass is 9.92. The lowest BCUT2D eigenvalue weighted by Gasteiger charge is -2.17. The minimum atomic E-state index is 0.123. The maximum absolute atomic E-state index is 6.45. The zero-order valence-electron chi connectivity index (χ0n) is 11.8. The van der Waals surface area contributed by atoms with Crippen molar-refractivity contribution < 1.29 is 0 Å². The van der Waals surface area contributed by atoms with Crippen molar-refractivity contribution in [2.45, 2.75) is 44.6 Å². The molecule has 20 heavy (non-hydrogen) atoms. The molecule has 0 heterocycles. The quantitative estimate of drug-likeness (QED) is 0.793. The molecule has 1 unspecified atom stereocenters. The van der Waals surface area contributed by atoms with E-state index in [9.17, 15) is 0 Å². The monoisotopic (exact) mass is 287 g/mol. The van der Waals surface area contributed by atoms with Crippen LogP contribution in [0.1, 0.15) is 50.1 Å². The number of rotatable bonds is 4. The van der Waals surface area contributed by atoms with Crippen LogP contribution in [0.4, 0.5) is 0 Å². The van der Waals surface area contributed by atoms with Crippen LogP contribution in [0.3, 0.4) is 0 Å². The lowest BCUT2D eigenvalue weighted by molar-refractivity contribution is 0.455. The van der Waals surface area contributed by atoms with Gasteiger partial charge in [0.2, 0.25) is 0 Å². The Labute approximate surface area is 126 Å². The first-order valence-electron chi connectivity index (χ1n) is 7.68. The highest BCUT2D eigenvalue weighted by Crippen LogP contribution is 2.34. The highest BCUT2D eigenvalue weighted by molar-refractivity contribution is 6.35. The number of benzene rings is 2. The van der Waals surface area contributed by atoms with Crippen molar-refractivity contribution in [3.63, 3.8) is 0 Å². The van der Waals surface area contributed by atoms with E-state index in [1.807, 2.05) is 12.1 Å². The Balaban J connectivity index is 1.80. The van der Waals surface area contributed by atoms with Crippen molar-refractivity contribution in [1.82, 2.24) is 0 Å². The Bertz CT molecular complexity index is 587. The van der Waals surface area contributed by atoms with Crippen LogP contribution in [0.5, 0.6) is 0 Å². The zero-order valence-corrected chi connectivity index (χ0v) is 12.6. The van der Waals surface area contributed by atoms with E-state index >= 15 is 0 Å². The number of fused-ring (bicyclic) bond motifs is 1. The molecule has 0 aromatic heterocycles. The van der Waals surface area contributed by atoms with Crippen molar-refractivity contribution in [1.29, 1.82) is 0 Å². The summed E-state index contributed by atoms with van der Waals surface area (Å²) < 4.78 is 0. The Morgan fingerprint density at radius 3 is 2.50 bits per heavy atom. The van der Waals surface area contributed by atoms with Crippen molar-refractivity contribution in [3.05, 3.63) is 47.0 Å². The normalized spacial score (nSPS) is 17.7. The average Bonchev–Trinajstić information content (AvgIpc) is 2.99. The number of halogens is 1. The standard InChI is InChI=1S/C18H22ClN/c19-17-11-10-16(14-7-3-4-8-15(14)17)18(20)12-9-13-5-1-2-6-13/h3-4,7-8,10-11,13,18H,1-2,5-6,9,12,20H2. The molecule has 0 amide bonds. The highest BCUT2D eigenvalue weighted by atomic mass is 35.5. The Morgan fingerprint density at radius 2 is 1.75 bits per heavy atom. The summed E-state index contributed by atoms with van der Waals surface area (Å²) in [5, 5.41) is 3.13. The van der Waals surface area contributed by atoms with Crippen LogP contribution in [-0.2, 0) is 0 Å². The van der Waals surface area contributed by atoms with E-state index in [4.69, 9.17) is 17.3 Å². The van der Waals surface area contributed by atoms with Crippen LogP contribution in [0, 0.1) is 5.92 Å². The van der Waals surface area contributed by atoms with Gasteiger partial charge in [-0.2, -0.15) is 0 Å².